The van der Waals surface area contributed by atoms with Crippen LogP contribution < -0.4 is 0 Å². The Hall–Kier alpha value is -1.94. The Morgan fingerprint density at radius 2 is 0.430 bits per heavy atom. The fraction of sp³-hybridized carbons (Fsp3) is 0.955. The summed E-state index contributed by atoms with van der Waals surface area (Å²) >= 11 is 0. The summed E-state index contributed by atoms with van der Waals surface area (Å²) in [6.45, 7) is 7.38. The second-order valence-corrected chi connectivity index (χ2v) is 35.0. The summed E-state index contributed by atoms with van der Waals surface area (Å²) in [7, 11) is -9.92. The lowest BCUT2D eigenvalue weighted by molar-refractivity contribution is -0.161. The molecule has 0 aliphatic carbocycles. The fourth-order valence-electron chi connectivity index (χ4n) is 13.8. The molecular weight excluding hydrogens is 1390 g/mol. The van der Waals surface area contributed by atoms with Gasteiger partial charge in [-0.05, 0) is 31.6 Å². The minimum Gasteiger partial charge on any atom is -0.462 e. The van der Waals surface area contributed by atoms with Gasteiger partial charge in [0, 0.05) is 25.7 Å². The molecule has 0 amide bonds. The van der Waals surface area contributed by atoms with Crippen molar-refractivity contribution in [2.24, 2.45) is 5.92 Å². The van der Waals surface area contributed by atoms with Crippen LogP contribution in [0.2, 0.25) is 0 Å². The van der Waals surface area contributed by atoms with Gasteiger partial charge in [-0.25, -0.2) is 9.13 Å². The Kier molecular flexibility index (Phi) is 79.2. The van der Waals surface area contributed by atoms with Gasteiger partial charge in [0.05, 0.1) is 26.4 Å². The average Bonchev–Trinajstić information content (AvgIpc) is 0.900. The number of unbranched alkanes of at least 4 members (excludes halogenated alkanes) is 60. The van der Waals surface area contributed by atoms with Crippen LogP contribution in [0.5, 0.6) is 0 Å². The monoisotopic (exact) mass is 1560 g/mol. The van der Waals surface area contributed by atoms with Crippen LogP contribution >= 0.6 is 15.6 Å². The second-order valence-electron chi connectivity index (χ2n) is 32.1. The van der Waals surface area contributed by atoms with E-state index in [1.165, 1.54) is 302 Å². The Labute approximate surface area is 658 Å². The largest absolute Gasteiger partial charge is 0.472 e. The van der Waals surface area contributed by atoms with Crippen molar-refractivity contribution >= 4 is 39.5 Å². The van der Waals surface area contributed by atoms with Crippen molar-refractivity contribution in [3.63, 3.8) is 0 Å². The van der Waals surface area contributed by atoms with Gasteiger partial charge in [0.2, 0.25) is 0 Å². The molecule has 0 bridgehead atoms. The number of hydrogen-bond acceptors (Lipinski definition) is 15. The molecule has 0 aromatic carbocycles. The molecule has 17 nitrogen and oxygen atoms in total. The number of esters is 4. The molecule has 0 spiro atoms. The smallest absolute Gasteiger partial charge is 0.462 e. The van der Waals surface area contributed by atoms with E-state index in [0.717, 1.165) is 95.8 Å². The SMILES string of the molecule is CCCCCCCCCCCCCCCCCCCCCCCC(=O)OC[C@H](COP(=O)(O)OC[C@@H](O)COP(=O)(O)OC[C@@H](COC(=O)CCCCCCCCCC)OC(=O)CCCCCCCCCCCCCCCCCCC)OC(=O)CCCCCCCCCCCCCCCCCCCCC(C)C. The minimum absolute atomic E-state index is 0.109. The molecule has 0 rings (SSSR count). The molecule has 0 heterocycles. The van der Waals surface area contributed by atoms with Gasteiger partial charge in [-0.1, -0.05) is 426 Å². The molecule has 636 valence electrons. The topological polar surface area (TPSA) is 237 Å². The quantitative estimate of drug-likeness (QED) is 0.0222. The molecule has 0 radical (unpaired) electrons. The van der Waals surface area contributed by atoms with E-state index in [1.807, 2.05) is 0 Å². The van der Waals surface area contributed by atoms with Crippen LogP contribution in [0.15, 0.2) is 0 Å². The summed E-state index contributed by atoms with van der Waals surface area (Å²) < 4.78 is 68.9. The highest BCUT2D eigenvalue weighted by Crippen LogP contribution is 2.45. The molecule has 0 saturated carbocycles. The van der Waals surface area contributed by atoms with E-state index in [0.29, 0.717) is 25.7 Å². The van der Waals surface area contributed by atoms with E-state index >= 15 is 0 Å². The van der Waals surface area contributed by atoms with Crippen molar-refractivity contribution in [1.82, 2.24) is 0 Å². The zero-order valence-corrected chi connectivity index (χ0v) is 72.1. The van der Waals surface area contributed by atoms with Gasteiger partial charge in [0.25, 0.3) is 0 Å². The van der Waals surface area contributed by atoms with Crippen LogP contribution in [0.25, 0.3) is 0 Å². The maximum absolute atomic E-state index is 13.2. The van der Waals surface area contributed by atoms with Crippen molar-refractivity contribution < 1.29 is 80.2 Å². The van der Waals surface area contributed by atoms with Crippen LogP contribution in [0, 0.1) is 5.92 Å². The lowest BCUT2D eigenvalue weighted by Gasteiger charge is -2.21. The first-order valence-electron chi connectivity index (χ1n) is 45.6. The molecule has 0 aliphatic rings. The van der Waals surface area contributed by atoms with Crippen molar-refractivity contribution in [2.75, 3.05) is 39.6 Å². The van der Waals surface area contributed by atoms with Crippen LogP contribution in [0.3, 0.4) is 0 Å². The Morgan fingerprint density at radius 3 is 0.636 bits per heavy atom. The lowest BCUT2D eigenvalue weighted by Crippen LogP contribution is -2.30. The van der Waals surface area contributed by atoms with Gasteiger partial charge in [0.15, 0.2) is 12.2 Å². The number of carbonyl (C=O) groups is 4. The van der Waals surface area contributed by atoms with Crippen molar-refractivity contribution in [2.45, 2.75) is 496 Å². The zero-order valence-electron chi connectivity index (χ0n) is 70.3. The molecule has 3 N–H and O–H groups in total. The number of phosphoric ester groups is 2. The third-order valence-electron chi connectivity index (χ3n) is 20.8. The highest BCUT2D eigenvalue weighted by atomic mass is 31.2. The molecule has 107 heavy (non-hydrogen) atoms. The van der Waals surface area contributed by atoms with Crippen LogP contribution in [0.1, 0.15) is 478 Å². The third kappa shape index (κ3) is 81.9. The minimum atomic E-state index is -4.97. The van der Waals surface area contributed by atoms with E-state index in [4.69, 9.17) is 37.0 Å². The number of ether oxygens (including phenoxy) is 4. The molecule has 5 atom stereocenters. The predicted octanol–water partition coefficient (Wildman–Crippen LogP) is 27.2. The first kappa shape index (κ1) is 105. The molecular formula is C88H172O17P2. The van der Waals surface area contributed by atoms with E-state index in [-0.39, 0.29) is 25.7 Å². The van der Waals surface area contributed by atoms with E-state index < -0.39 is 97.5 Å². The summed E-state index contributed by atoms with van der Waals surface area (Å²) in [5.41, 5.74) is 0. The van der Waals surface area contributed by atoms with Gasteiger partial charge in [0.1, 0.15) is 19.3 Å². The third-order valence-corrected chi connectivity index (χ3v) is 22.7. The number of rotatable bonds is 88. The average molecular weight is 1560 g/mol. The molecule has 0 aromatic rings. The van der Waals surface area contributed by atoms with Gasteiger partial charge < -0.3 is 33.8 Å². The molecule has 0 fully saturated rings. The zero-order chi connectivity index (χ0) is 78.3. The van der Waals surface area contributed by atoms with Gasteiger partial charge in [-0.15, -0.1) is 0 Å². The molecule has 0 aromatic heterocycles. The first-order chi connectivity index (χ1) is 52.0. The van der Waals surface area contributed by atoms with Crippen molar-refractivity contribution in [3.05, 3.63) is 0 Å². The first-order valence-corrected chi connectivity index (χ1v) is 48.6. The summed E-state index contributed by atoms with van der Waals surface area (Å²) in [6, 6.07) is 0. The van der Waals surface area contributed by atoms with Crippen LogP contribution in [0.4, 0.5) is 0 Å². The maximum atomic E-state index is 13.2. The van der Waals surface area contributed by atoms with Gasteiger partial charge >= 0.3 is 39.5 Å². The van der Waals surface area contributed by atoms with E-state index in [1.54, 1.807) is 0 Å². The summed E-state index contributed by atoms with van der Waals surface area (Å²) in [6.07, 6.45) is 75.2. The fourth-order valence-corrected chi connectivity index (χ4v) is 15.4. The number of aliphatic hydroxyl groups excluding tert-OH is 1. The summed E-state index contributed by atoms with van der Waals surface area (Å²) in [5, 5.41) is 10.7. The van der Waals surface area contributed by atoms with Crippen LogP contribution in [-0.4, -0.2) is 96.7 Å². The summed E-state index contributed by atoms with van der Waals surface area (Å²) in [4.78, 5) is 73.2. The van der Waals surface area contributed by atoms with E-state index in [2.05, 4.69) is 34.6 Å². The Bertz CT molecular complexity index is 2030. The number of phosphoric acid groups is 2. The second kappa shape index (κ2) is 80.7. The number of aliphatic hydroxyl groups is 1. The van der Waals surface area contributed by atoms with Crippen molar-refractivity contribution in [1.29, 1.82) is 0 Å². The molecule has 19 heteroatoms. The molecule has 0 saturated heterocycles. The normalized spacial score (nSPS) is 13.7. The maximum Gasteiger partial charge on any atom is 0.472 e. The number of hydrogen-bond donors (Lipinski definition) is 3. The number of carbonyl (C=O) groups excluding carboxylic acids is 4. The van der Waals surface area contributed by atoms with Crippen LogP contribution in [-0.2, 0) is 65.4 Å². The Balaban J connectivity index is 5.17. The Morgan fingerprint density at radius 1 is 0.252 bits per heavy atom. The highest BCUT2D eigenvalue weighted by Gasteiger charge is 2.30. The standard InChI is InChI=1S/C88H172O17P2/c1-6-9-12-15-18-21-23-25-27-29-30-31-32-37-40-44-48-52-57-62-67-72-86(91)99-78-84(105-88(93)74-69-64-59-54-50-46-42-38-34-33-36-39-43-47-51-55-60-65-70-81(4)5)80-103-107(96,97)101-76-82(89)75-100-106(94,95)102-79-83(77-98-85(90)71-66-61-56-20-17-14-11-8-3)104-87(92)73-68-63-58-53-49-45-41-35-28-26-24-22-19-16-13-10-7-2/h81-84,89H,6-80H2,1-5H3,(H,94,95)(H,96,97)/t82-,83+,84+/m0/s1. The van der Waals surface area contributed by atoms with Gasteiger partial charge in [-0.2, -0.15) is 0 Å². The highest BCUT2D eigenvalue weighted by molar-refractivity contribution is 7.47. The summed E-state index contributed by atoms with van der Waals surface area (Å²) in [5.74, 6) is -1.28. The molecule has 0 aliphatic heterocycles. The molecule has 2 unspecified atom stereocenters. The van der Waals surface area contributed by atoms with Gasteiger partial charge in [-0.3, -0.25) is 37.3 Å². The lowest BCUT2D eigenvalue weighted by atomic mass is 10.0. The van der Waals surface area contributed by atoms with E-state index in [9.17, 15) is 43.2 Å². The van der Waals surface area contributed by atoms with Crippen molar-refractivity contribution in [3.8, 4) is 0 Å². The predicted molar refractivity (Wildman–Crippen MR) is 442 cm³/mol.